The third-order valence-electron chi connectivity index (χ3n) is 5.39. The van der Waals surface area contributed by atoms with Crippen LogP contribution in [0.4, 0.5) is 5.82 Å². The van der Waals surface area contributed by atoms with E-state index in [1.54, 1.807) is 27.2 Å². The molecule has 0 aliphatic carbocycles. The molecule has 0 saturated carbocycles. The Kier molecular flexibility index (Phi) is 6.20. The second kappa shape index (κ2) is 9.03. The van der Waals surface area contributed by atoms with Gasteiger partial charge in [-0.3, -0.25) is 4.79 Å². The Hall–Kier alpha value is -2.97. The van der Waals surface area contributed by atoms with Gasteiger partial charge in [0, 0.05) is 24.7 Å². The molecule has 31 heavy (non-hydrogen) atoms. The molecule has 7 nitrogen and oxygen atoms in total. The average molecular weight is 439 g/mol. The summed E-state index contributed by atoms with van der Waals surface area (Å²) in [5.74, 6) is 0.228. The van der Waals surface area contributed by atoms with Crippen molar-refractivity contribution in [2.45, 2.75) is 37.5 Å². The van der Waals surface area contributed by atoms with Gasteiger partial charge in [-0.1, -0.05) is 31.0 Å². The zero-order valence-electron chi connectivity index (χ0n) is 17.5. The van der Waals surface area contributed by atoms with Gasteiger partial charge in [0.25, 0.3) is 5.91 Å². The zero-order valence-corrected chi connectivity index (χ0v) is 18.3. The van der Waals surface area contributed by atoms with Gasteiger partial charge >= 0.3 is 0 Å². The molecule has 3 aromatic rings. The van der Waals surface area contributed by atoms with Crippen molar-refractivity contribution >= 4 is 21.7 Å². The Morgan fingerprint density at radius 1 is 0.935 bits per heavy atom. The van der Waals surface area contributed by atoms with E-state index in [2.05, 4.69) is 10.4 Å². The predicted molar refractivity (Wildman–Crippen MR) is 120 cm³/mol. The Labute approximate surface area is 182 Å². The molecule has 0 spiro atoms. The number of rotatable bonds is 5. The second-order valence-electron chi connectivity index (χ2n) is 7.72. The summed E-state index contributed by atoms with van der Waals surface area (Å²) in [4.78, 5) is 13.0. The van der Waals surface area contributed by atoms with Crippen molar-refractivity contribution in [3.63, 3.8) is 0 Å². The van der Waals surface area contributed by atoms with E-state index in [0.29, 0.717) is 24.5 Å². The van der Waals surface area contributed by atoms with Gasteiger partial charge in [-0.2, -0.15) is 9.40 Å². The number of aryl methyl sites for hydroxylation is 1. The first kappa shape index (κ1) is 21.3. The maximum absolute atomic E-state index is 12.9. The minimum absolute atomic E-state index is 0.219. The van der Waals surface area contributed by atoms with Crippen LogP contribution in [-0.2, 0) is 10.0 Å². The Morgan fingerprint density at radius 2 is 1.58 bits per heavy atom. The smallest absolute Gasteiger partial charge is 0.256 e. The number of carbonyl (C=O) groups excluding carboxylic acids is 1. The van der Waals surface area contributed by atoms with Crippen molar-refractivity contribution in [2.24, 2.45) is 0 Å². The number of hydrogen-bond donors (Lipinski definition) is 1. The number of sulfonamides is 1. The lowest BCUT2D eigenvalue weighted by atomic mass is 10.2. The highest BCUT2D eigenvalue weighted by atomic mass is 32.2. The van der Waals surface area contributed by atoms with E-state index < -0.39 is 10.0 Å². The molecule has 2 aromatic carbocycles. The third-order valence-corrected chi connectivity index (χ3v) is 7.31. The summed E-state index contributed by atoms with van der Waals surface area (Å²) in [6.07, 6.45) is 3.89. The highest BCUT2D eigenvalue weighted by Gasteiger charge is 2.25. The van der Waals surface area contributed by atoms with Gasteiger partial charge in [0.2, 0.25) is 10.0 Å². The number of amides is 1. The standard InChI is InChI=1S/C23H26N4O3S/c1-18-17-22(27(25-18)20-9-5-4-6-10-20)24-23(28)19-11-13-21(14-12-19)31(29,30)26-15-7-2-3-8-16-26/h4-6,9-14,17H,2-3,7-8,15-16H2,1H3,(H,24,28). The molecule has 1 saturated heterocycles. The molecule has 1 aliphatic rings. The van der Waals surface area contributed by atoms with E-state index in [0.717, 1.165) is 37.1 Å². The first-order chi connectivity index (χ1) is 14.9. The number of nitrogens with one attached hydrogen (secondary N) is 1. The lowest BCUT2D eigenvalue weighted by Gasteiger charge is -2.20. The molecule has 4 rings (SSSR count). The average Bonchev–Trinajstić information content (AvgIpc) is 2.96. The quantitative estimate of drug-likeness (QED) is 0.653. The van der Waals surface area contributed by atoms with Gasteiger partial charge in [0.05, 0.1) is 16.3 Å². The van der Waals surface area contributed by atoms with Crippen LogP contribution in [0.25, 0.3) is 5.69 Å². The van der Waals surface area contributed by atoms with E-state index in [-0.39, 0.29) is 10.8 Å². The maximum Gasteiger partial charge on any atom is 0.256 e. The summed E-state index contributed by atoms with van der Waals surface area (Å²) >= 11 is 0. The van der Waals surface area contributed by atoms with Crippen LogP contribution in [-0.4, -0.2) is 41.5 Å². The van der Waals surface area contributed by atoms with Crippen LogP contribution >= 0.6 is 0 Å². The Morgan fingerprint density at radius 3 is 2.23 bits per heavy atom. The van der Waals surface area contributed by atoms with E-state index in [1.165, 1.54) is 12.1 Å². The molecule has 162 valence electrons. The first-order valence-corrected chi connectivity index (χ1v) is 11.9. The second-order valence-corrected chi connectivity index (χ2v) is 9.65. The maximum atomic E-state index is 12.9. The van der Waals surface area contributed by atoms with Crippen LogP contribution in [0.5, 0.6) is 0 Å². The van der Waals surface area contributed by atoms with Crippen molar-refractivity contribution in [1.82, 2.24) is 14.1 Å². The molecule has 1 aliphatic heterocycles. The van der Waals surface area contributed by atoms with Crippen molar-refractivity contribution in [3.8, 4) is 5.69 Å². The highest BCUT2D eigenvalue weighted by molar-refractivity contribution is 7.89. The molecular formula is C23H26N4O3S. The number of nitrogens with zero attached hydrogens (tertiary/aromatic N) is 3. The number of anilines is 1. The van der Waals surface area contributed by atoms with E-state index in [4.69, 9.17) is 0 Å². The molecule has 0 bridgehead atoms. The first-order valence-electron chi connectivity index (χ1n) is 10.5. The fraction of sp³-hybridized carbons (Fsp3) is 0.304. The van der Waals surface area contributed by atoms with Crippen molar-refractivity contribution in [3.05, 3.63) is 71.9 Å². The normalized spacial score (nSPS) is 15.4. The predicted octanol–water partition coefficient (Wildman–Crippen LogP) is 4.00. The fourth-order valence-electron chi connectivity index (χ4n) is 3.75. The lowest BCUT2D eigenvalue weighted by Crippen LogP contribution is -2.31. The van der Waals surface area contributed by atoms with Gasteiger partial charge in [0.1, 0.15) is 5.82 Å². The minimum Gasteiger partial charge on any atom is -0.306 e. The topological polar surface area (TPSA) is 84.3 Å². The molecule has 1 amide bonds. The fourth-order valence-corrected chi connectivity index (χ4v) is 5.27. The van der Waals surface area contributed by atoms with Crippen molar-refractivity contribution in [2.75, 3.05) is 18.4 Å². The molecular weight excluding hydrogens is 412 g/mol. The number of carbonyl (C=O) groups is 1. The molecule has 0 unspecified atom stereocenters. The lowest BCUT2D eigenvalue weighted by molar-refractivity contribution is 0.102. The summed E-state index contributed by atoms with van der Waals surface area (Å²) in [5.41, 5.74) is 2.00. The summed E-state index contributed by atoms with van der Waals surface area (Å²) in [5, 5.41) is 7.33. The number of benzene rings is 2. The van der Waals surface area contributed by atoms with Crippen molar-refractivity contribution in [1.29, 1.82) is 0 Å². The van der Waals surface area contributed by atoms with Gasteiger partial charge in [0.15, 0.2) is 0 Å². The summed E-state index contributed by atoms with van der Waals surface area (Å²) in [7, 11) is -3.54. The molecule has 1 aromatic heterocycles. The minimum atomic E-state index is -3.54. The Balaban J connectivity index is 1.52. The number of aromatic nitrogens is 2. The van der Waals surface area contributed by atoms with Crippen LogP contribution in [0.1, 0.15) is 41.7 Å². The van der Waals surface area contributed by atoms with Crippen LogP contribution in [0, 0.1) is 6.92 Å². The van der Waals surface area contributed by atoms with Crippen LogP contribution < -0.4 is 5.32 Å². The van der Waals surface area contributed by atoms with Crippen molar-refractivity contribution < 1.29 is 13.2 Å². The Bertz CT molecular complexity index is 1150. The van der Waals surface area contributed by atoms with Crippen LogP contribution in [0.3, 0.4) is 0 Å². The largest absolute Gasteiger partial charge is 0.306 e. The van der Waals surface area contributed by atoms with Gasteiger partial charge in [-0.25, -0.2) is 13.1 Å². The molecule has 1 fully saturated rings. The zero-order chi connectivity index (χ0) is 21.8. The van der Waals surface area contributed by atoms with Crippen LogP contribution in [0.2, 0.25) is 0 Å². The van der Waals surface area contributed by atoms with E-state index in [1.807, 2.05) is 37.3 Å². The van der Waals surface area contributed by atoms with Gasteiger partial charge < -0.3 is 5.32 Å². The number of para-hydroxylation sites is 1. The molecule has 0 radical (unpaired) electrons. The highest BCUT2D eigenvalue weighted by Crippen LogP contribution is 2.22. The summed E-state index contributed by atoms with van der Waals surface area (Å²) in [6, 6.07) is 17.5. The number of hydrogen-bond acceptors (Lipinski definition) is 4. The summed E-state index contributed by atoms with van der Waals surface area (Å²) < 4.78 is 29.1. The third kappa shape index (κ3) is 4.70. The molecule has 0 atom stereocenters. The van der Waals surface area contributed by atoms with Gasteiger partial charge in [-0.15, -0.1) is 0 Å². The summed E-state index contributed by atoms with van der Waals surface area (Å²) in [6.45, 7) is 2.96. The SMILES string of the molecule is Cc1cc(NC(=O)c2ccc(S(=O)(=O)N3CCCCCC3)cc2)n(-c2ccccc2)n1. The van der Waals surface area contributed by atoms with E-state index in [9.17, 15) is 13.2 Å². The molecule has 8 heteroatoms. The van der Waals surface area contributed by atoms with Gasteiger partial charge in [-0.05, 0) is 56.2 Å². The molecule has 2 heterocycles. The monoisotopic (exact) mass is 438 g/mol. The van der Waals surface area contributed by atoms with E-state index >= 15 is 0 Å². The molecule has 1 N–H and O–H groups in total. The van der Waals surface area contributed by atoms with Crippen LogP contribution in [0.15, 0.2) is 65.6 Å².